The number of aliphatic hydroxyl groups is 2. The molecule has 2 atom stereocenters. The lowest BCUT2D eigenvalue weighted by atomic mass is 10.1. The normalized spacial score (nSPS) is 14.2. The van der Waals surface area contributed by atoms with E-state index in [9.17, 15) is 5.11 Å². The molecule has 0 saturated carbocycles. The van der Waals surface area contributed by atoms with Gasteiger partial charge < -0.3 is 19.7 Å². The molecule has 0 bridgehead atoms. The third-order valence-electron chi connectivity index (χ3n) is 2.51. The molecule has 0 heterocycles. The van der Waals surface area contributed by atoms with E-state index in [-0.39, 0.29) is 12.5 Å². The van der Waals surface area contributed by atoms with Crippen LogP contribution in [0.1, 0.15) is 25.5 Å². The van der Waals surface area contributed by atoms with Crippen molar-refractivity contribution in [3.05, 3.63) is 23.8 Å². The van der Waals surface area contributed by atoms with Crippen molar-refractivity contribution in [1.82, 2.24) is 0 Å². The molecule has 17 heavy (non-hydrogen) atoms. The van der Waals surface area contributed by atoms with E-state index in [4.69, 9.17) is 14.6 Å². The van der Waals surface area contributed by atoms with Gasteiger partial charge in [0.25, 0.3) is 0 Å². The summed E-state index contributed by atoms with van der Waals surface area (Å²) in [5.74, 6) is 1.34. The van der Waals surface area contributed by atoms with Gasteiger partial charge in [0.15, 0.2) is 0 Å². The number of rotatable bonds is 6. The van der Waals surface area contributed by atoms with Crippen LogP contribution in [0.2, 0.25) is 0 Å². The van der Waals surface area contributed by atoms with Gasteiger partial charge in [0, 0.05) is 24.2 Å². The maximum atomic E-state index is 9.62. The van der Waals surface area contributed by atoms with Gasteiger partial charge in [-0.25, -0.2) is 0 Å². The second-order valence-electron chi connectivity index (χ2n) is 4.18. The maximum absolute atomic E-state index is 9.62. The number of ether oxygens (including phenoxy) is 2. The van der Waals surface area contributed by atoms with E-state index >= 15 is 0 Å². The molecular weight excluding hydrogens is 220 g/mol. The number of aliphatic hydroxyl groups excluding tert-OH is 2. The van der Waals surface area contributed by atoms with Gasteiger partial charge in [0.05, 0.1) is 19.8 Å². The Bertz CT molecular complexity index is 349. The summed E-state index contributed by atoms with van der Waals surface area (Å²) in [7, 11) is 1.58. The van der Waals surface area contributed by atoms with Crippen molar-refractivity contribution < 1.29 is 19.7 Å². The highest BCUT2D eigenvalue weighted by Gasteiger charge is 2.11. The summed E-state index contributed by atoms with van der Waals surface area (Å²) in [5.41, 5.74) is 0.718. The van der Waals surface area contributed by atoms with Crippen LogP contribution in [0.25, 0.3) is 0 Å². The number of hydrogen-bond acceptors (Lipinski definition) is 4. The molecule has 0 aliphatic carbocycles. The number of hydrogen-bond donors (Lipinski definition) is 2. The molecule has 0 aromatic heterocycles. The fourth-order valence-electron chi connectivity index (χ4n) is 1.40. The van der Waals surface area contributed by atoms with Crippen molar-refractivity contribution in [3.63, 3.8) is 0 Å². The molecule has 1 unspecified atom stereocenters. The summed E-state index contributed by atoms with van der Waals surface area (Å²) in [4.78, 5) is 0. The average Bonchev–Trinajstić information content (AvgIpc) is 2.35. The molecule has 0 aliphatic heterocycles. The van der Waals surface area contributed by atoms with Crippen molar-refractivity contribution in [2.75, 3.05) is 20.3 Å². The second-order valence-corrected chi connectivity index (χ2v) is 4.18. The van der Waals surface area contributed by atoms with Crippen molar-refractivity contribution in [2.45, 2.75) is 20.0 Å². The highest BCUT2D eigenvalue weighted by molar-refractivity contribution is 5.41. The Hall–Kier alpha value is -1.26. The molecule has 0 fully saturated rings. The minimum atomic E-state index is -0.597. The van der Waals surface area contributed by atoms with Crippen molar-refractivity contribution in [1.29, 1.82) is 0 Å². The fourth-order valence-corrected chi connectivity index (χ4v) is 1.40. The van der Waals surface area contributed by atoms with Gasteiger partial charge in [-0.1, -0.05) is 6.92 Å². The average molecular weight is 240 g/mol. The highest BCUT2D eigenvalue weighted by atomic mass is 16.5. The fraction of sp³-hybridized carbons (Fsp3) is 0.538. The van der Waals surface area contributed by atoms with Crippen LogP contribution < -0.4 is 9.47 Å². The lowest BCUT2D eigenvalue weighted by molar-refractivity contribution is 0.163. The molecule has 0 aliphatic rings. The molecule has 0 saturated heterocycles. The SMILES string of the molecule is COc1ccc([C@@H](C)O)c(OCC(C)CO)c1. The summed E-state index contributed by atoms with van der Waals surface area (Å²) in [6.07, 6.45) is -0.597. The predicted molar refractivity (Wildman–Crippen MR) is 65.4 cm³/mol. The highest BCUT2D eigenvalue weighted by Crippen LogP contribution is 2.29. The zero-order chi connectivity index (χ0) is 12.8. The topological polar surface area (TPSA) is 58.9 Å². The predicted octanol–water partition coefficient (Wildman–Crippen LogP) is 1.76. The second kappa shape index (κ2) is 6.47. The molecule has 4 nitrogen and oxygen atoms in total. The first kappa shape index (κ1) is 13.8. The summed E-state index contributed by atoms with van der Waals surface area (Å²) in [6, 6.07) is 5.30. The minimum Gasteiger partial charge on any atom is -0.497 e. The van der Waals surface area contributed by atoms with E-state index in [1.165, 1.54) is 0 Å². The zero-order valence-corrected chi connectivity index (χ0v) is 10.5. The molecule has 1 aromatic carbocycles. The van der Waals surface area contributed by atoms with Gasteiger partial charge in [0.1, 0.15) is 11.5 Å². The Balaban J connectivity index is 2.85. The van der Waals surface area contributed by atoms with Gasteiger partial charge in [-0.2, -0.15) is 0 Å². The van der Waals surface area contributed by atoms with Gasteiger partial charge in [-0.05, 0) is 19.1 Å². The summed E-state index contributed by atoms with van der Waals surface area (Å²) in [5, 5.41) is 18.6. The molecule has 96 valence electrons. The smallest absolute Gasteiger partial charge is 0.128 e. The van der Waals surface area contributed by atoms with Crippen molar-refractivity contribution >= 4 is 0 Å². The summed E-state index contributed by atoms with van der Waals surface area (Å²) in [6.45, 7) is 4.06. The third-order valence-corrected chi connectivity index (χ3v) is 2.51. The Morgan fingerprint density at radius 2 is 2.00 bits per heavy atom. The van der Waals surface area contributed by atoms with Crippen molar-refractivity contribution in [3.8, 4) is 11.5 Å². The quantitative estimate of drug-likeness (QED) is 0.795. The van der Waals surface area contributed by atoms with Crippen LogP contribution in [0.15, 0.2) is 18.2 Å². The first-order valence-corrected chi connectivity index (χ1v) is 5.68. The van der Waals surface area contributed by atoms with Crippen LogP contribution in [0.3, 0.4) is 0 Å². The Kier molecular flexibility index (Phi) is 5.25. The lowest BCUT2D eigenvalue weighted by Crippen LogP contribution is -2.13. The molecule has 1 rings (SSSR count). The van der Waals surface area contributed by atoms with Crippen molar-refractivity contribution in [2.24, 2.45) is 5.92 Å². The lowest BCUT2D eigenvalue weighted by Gasteiger charge is -2.16. The van der Waals surface area contributed by atoms with Crippen LogP contribution in [-0.4, -0.2) is 30.5 Å². The zero-order valence-electron chi connectivity index (χ0n) is 10.5. The van der Waals surface area contributed by atoms with Gasteiger partial charge >= 0.3 is 0 Å². The monoisotopic (exact) mass is 240 g/mol. The maximum Gasteiger partial charge on any atom is 0.128 e. The summed E-state index contributed by atoms with van der Waals surface area (Å²) < 4.78 is 10.7. The van der Waals surface area contributed by atoms with E-state index < -0.39 is 6.10 Å². The van der Waals surface area contributed by atoms with Gasteiger partial charge in [-0.15, -0.1) is 0 Å². The standard InChI is InChI=1S/C13H20O4/c1-9(7-14)8-17-13-6-11(16-3)4-5-12(13)10(2)15/h4-6,9-10,14-15H,7-8H2,1-3H3/t9?,10-/m1/s1. The molecule has 0 amide bonds. The summed E-state index contributed by atoms with van der Waals surface area (Å²) >= 11 is 0. The third kappa shape index (κ3) is 3.91. The first-order chi connectivity index (χ1) is 8.08. The van der Waals surface area contributed by atoms with E-state index in [1.807, 2.05) is 6.92 Å². The van der Waals surface area contributed by atoms with Crippen LogP contribution >= 0.6 is 0 Å². The molecule has 2 N–H and O–H groups in total. The van der Waals surface area contributed by atoms with E-state index in [0.717, 1.165) is 5.56 Å². The van der Waals surface area contributed by atoms with E-state index in [2.05, 4.69) is 0 Å². The van der Waals surface area contributed by atoms with Crippen LogP contribution in [0, 0.1) is 5.92 Å². The molecule has 0 spiro atoms. The number of methoxy groups -OCH3 is 1. The Labute approximate surface area is 102 Å². The Morgan fingerprint density at radius 1 is 1.29 bits per heavy atom. The van der Waals surface area contributed by atoms with Gasteiger partial charge in [0.2, 0.25) is 0 Å². The molecular formula is C13H20O4. The van der Waals surface area contributed by atoms with Gasteiger partial charge in [-0.3, -0.25) is 0 Å². The minimum absolute atomic E-state index is 0.0584. The molecule has 0 radical (unpaired) electrons. The molecule has 4 heteroatoms. The van der Waals surface area contributed by atoms with Crippen LogP contribution in [0.4, 0.5) is 0 Å². The molecule has 1 aromatic rings. The Morgan fingerprint density at radius 3 is 2.53 bits per heavy atom. The van der Waals surface area contributed by atoms with Crippen LogP contribution in [0.5, 0.6) is 11.5 Å². The van der Waals surface area contributed by atoms with E-state index in [0.29, 0.717) is 18.1 Å². The number of benzene rings is 1. The van der Waals surface area contributed by atoms with E-state index in [1.54, 1.807) is 32.2 Å². The van der Waals surface area contributed by atoms with Crippen LogP contribution in [-0.2, 0) is 0 Å². The largest absolute Gasteiger partial charge is 0.497 e. The first-order valence-electron chi connectivity index (χ1n) is 5.68.